The molecular weight excluding hydrogens is 529 g/mol. The van der Waals surface area contributed by atoms with E-state index in [2.05, 4.69) is 0 Å². The van der Waals surface area contributed by atoms with Gasteiger partial charge in [-0.15, -0.1) is 0 Å². The Bertz CT molecular complexity index is 1490. The van der Waals surface area contributed by atoms with Crippen molar-refractivity contribution in [1.82, 2.24) is 4.57 Å². The Balaban J connectivity index is 1.77. The zero-order chi connectivity index (χ0) is 28.8. The number of aliphatic hydroxyl groups is 1. The zero-order valence-electron chi connectivity index (χ0n) is 22.0. The maximum atomic E-state index is 14.3. The fraction of sp³-hybridized carbons (Fsp3) is 0.357. The van der Waals surface area contributed by atoms with Crippen LogP contribution in [0.15, 0.2) is 47.4 Å². The van der Waals surface area contributed by atoms with E-state index in [1.54, 1.807) is 18.2 Å². The number of aromatic nitrogens is 1. The molecular formula is C28H29F3N4O5. The Hall–Kier alpha value is -4.19. The molecule has 2 aromatic carbocycles. The van der Waals surface area contributed by atoms with Crippen LogP contribution in [0.3, 0.4) is 0 Å². The van der Waals surface area contributed by atoms with Crippen LogP contribution < -0.4 is 30.6 Å². The van der Waals surface area contributed by atoms with Gasteiger partial charge in [0.05, 0.1) is 32.0 Å². The number of ether oxygens (including phenoxy) is 2. The number of fused-ring (bicyclic) bond motifs is 1. The molecule has 0 unspecified atom stereocenters. The molecule has 9 nitrogen and oxygen atoms in total. The fourth-order valence-electron chi connectivity index (χ4n) is 5.36. The molecule has 0 saturated carbocycles. The number of carbonyl (C=O) groups excluding carboxylic acids is 1. The number of amides is 1. The number of nitrogens with two attached hydrogens (primary N) is 1. The van der Waals surface area contributed by atoms with Crippen LogP contribution in [-0.4, -0.2) is 62.6 Å². The van der Waals surface area contributed by atoms with Crippen LogP contribution in [0.5, 0.6) is 11.5 Å². The maximum Gasteiger partial charge on any atom is 0.418 e. The summed E-state index contributed by atoms with van der Waals surface area (Å²) in [5.74, 6) is 0.288. The average molecular weight is 559 g/mol. The van der Waals surface area contributed by atoms with Gasteiger partial charge in [-0.05, 0) is 47.9 Å². The van der Waals surface area contributed by atoms with E-state index in [4.69, 9.17) is 15.2 Å². The van der Waals surface area contributed by atoms with Crippen molar-refractivity contribution < 1.29 is 32.5 Å². The van der Waals surface area contributed by atoms with Gasteiger partial charge in [-0.3, -0.25) is 14.2 Å². The predicted octanol–water partition coefficient (Wildman–Crippen LogP) is 2.82. The summed E-state index contributed by atoms with van der Waals surface area (Å²) in [5.41, 5.74) is 5.72. The summed E-state index contributed by atoms with van der Waals surface area (Å²) in [6.07, 6.45) is -2.96. The minimum absolute atomic E-state index is 0.0165. The molecule has 5 rings (SSSR count). The number of halogens is 3. The molecule has 2 aliphatic heterocycles. The molecule has 0 spiro atoms. The third-order valence-electron chi connectivity index (χ3n) is 7.37. The lowest BCUT2D eigenvalue weighted by atomic mass is 9.98. The Morgan fingerprint density at radius 3 is 2.35 bits per heavy atom. The first-order valence-electron chi connectivity index (χ1n) is 12.7. The molecule has 40 heavy (non-hydrogen) atoms. The Morgan fingerprint density at radius 2 is 1.77 bits per heavy atom. The highest BCUT2D eigenvalue weighted by Gasteiger charge is 2.37. The van der Waals surface area contributed by atoms with E-state index in [0.717, 1.165) is 10.6 Å². The van der Waals surface area contributed by atoms with Crippen LogP contribution in [0.4, 0.5) is 24.5 Å². The summed E-state index contributed by atoms with van der Waals surface area (Å²) in [6, 6.07) is 8.75. The van der Waals surface area contributed by atoms with Gasteiger partial charge < -0.3 is 30.1 Å². The summed E-state index contributed by atoms with van der Waals surface area (Å²) in [6.45, 7) is 1.00. The largest absolute Gasteiger partial charge is 0.497 e. The third kappa shape index (κ3) is 4.94. The van der Waals surface area contributed by atoms with E-state index in [1.807, 2.05) is 4.90 Å². The molecule has 1 amide bonds. The first-order valence-corrected chi connectivity index (χ1v) is 12.7. The first kappa shape index (κ1) is 27.4. The number of rotatable bonds is 8. The normalized spacial score (nSPS) is 15.2. The summed E-state index contributed by atoms with van der Waals surface area (Å²) in [7, 11) is 2.97. The SMILES string of the molecule is COc1cc(OC)cc(-c2cn(-c3cc(N4CC(CO)C4)ccc3C(F)(F)F)c(=O)c3c2CCN3CC(N)=O)c1. The van der Waals surface area contributed by atoms with Crippen molar-refractivity contribution in [2.45, 2.75) is 12.6 Å². The number of anilines is 2. The second-order valence-corrected chi connectivity index (χ2v) is 9.94. The quantitative estimate of drug-likeness (QED) is 0.438. The molecule has 0 bridgehead atoms. The summed E-state index contributed by atoms with van der Waals surface area (Å²) in [4.78, 5) is 29.1. The second-order valence-electron chi connectivity index (χ2n) is 9.94. The topological polar surface area (TPSA) is 110 Å². The van der Waals surface area contributed by atoms with Crippen molar-refractivity contribution >= 4 is 17.3 Å². The number of alkyl halides is 3. The van der Waals surface area contributed by atoms with Crippen molar-refractivity contribution in [2.75, 3.05) is 56.8 Å². The summed E-state index contributed by atoms with van der Waals surface area (Å²) in [5, 5.41) is 9.38. The maximum absolute atomic E-state index is 14.3. The van der Waals surface area contributed by atoms with E-state index < -0.39 is 23.2 Å². The number of hydrogen-bond donors (Lipinski definition) is 2. The molecule has 0 atom stereocenters. The number of benzene rings is 2. The number of carbonyl (C=O) groups is 1. The molecule has 1 aromatic heterocycles. The zero-order valence-corrected chi connectivity index (χ0v) is 22.0. The van der Waals surface area contributed by atoms with Gasteiger partial charge in [-0.25, -0.2) is 0 Å². The van der Waals surface area contributed by atoms with Crippen LogP contribution in [0, 0.1) is 5.92 Å². The highest BCUT2D eigenvalue weighted by atomic mass is 19.4. The molecule has 3 aromatic rings. The number of aliphatic hydroxyl groups excluding tert-OH is 1. The van der Waals surface area contributed by atoms with Crippen LogP contribution in [-0.2, 0) is 17.4 Å². The van der Waals surface area contributed by atoms with Gasteiger partial charge in [-0.2, -0.15) is 13.2 Å². The molecule has 1 fully saturated rings. The van der Waals surface area contributed by atoms with E-state index >= 15 is 0 Å². The Kier molecular flexibility index (Phi) is 7.13. The van der Waals surface area contributed by atoms with E-state index in [-0.39, 0.29) is 30.4 Å². The lowest BCUT2D eigenvalue weighted by Crippen LogP contribution is -2.48. The van der Waals surface area contributed by atoms with Gasteiger partial charge >= 0.3 is 6.18 Å². The first-order chi connectivity index (χ1) is 19.0. The van der Waals surface area contributed by atoms with Gasteiger partial charge in [0, 0.05) is 55.7 Å². The van der Waals surface area contributed by atoms with Gasteiger partial charge in [0.15, 0.2) is 0 Å². The van der Waals surface area contributed by atoms with Gasteiger partial charge in [-0.1, -0.05) is 0 Å². The number of hydrogen-bond acceptors (Lipinski definition) is 7. The monoisotopic (exact) mass is 558 g/mol. The number of nitrogens with zero attached hydrogens (tertiary/aromatic N) is 3. The van der Waals surface area contributed by atoms with Crippen molar-refractivity contribution in [3.8, 4) is 28.3 Å². The molecule has 0 aliphatic carbocycles. The summed E-state index contributed by atoms with van der Waals surface area (Å²) >= 11 is 0. The molecule has 3 heterocycles. The minimum Gasteiger partial charge on any atom is -0.497 e. The lowest BCUT2D eigenvalue weighted by Gasteiger charge is -2.40. The number of primary amides is 1. The minimum atomic E-state index is -4.75. The fourth-order valence-corrected chi connectivity index (χ4v) is 5.36. The highest BCUT2D eigenvalue weighted by molar-refractivity contribution is 5.83. The van der Waals surface area contributed by atoms with Crippen LogP contribution in [0.1, 0.15) is 11.1 Å². The van der Waals surface area contributed by atoms with E-state index in [0.29, 0.717) is 59.9 Å². The van der Waals surface area contributed by atoms with Crippen LogP contribution >= 0.6 is 0 Å². The van der Waals surface area contributed by atoms with Crippen molar-refractivity contribution in [3.63, 3.8) is 0 Å². The smallest absolute Gasteiger partial charge is 0.418 e. The number of methoxy groups -OCH3 is 2. The molecule has 2 aliphatic rings. The standard InChI is InChI=1S/C28H29F3N4O5/c1-39-19-7-17(8-20(10-19)40-2)22-13-35(27(38)26-21(22)5-6-33(26)14-25(32)37)24-9-18(34-11-16(12-34)15-36)3-4-23(24)28(29,30)31/h3-4,7-10,13,16,36H,5-6,11-12,14-15H2,1-2H3,(H2,32,37). The second kappa shape index (κ2) is 10.4. The third-order valence-corrected chi connectivity index (χ3v) is 7.37. The summed E-state index contributed by atoms with van der Waals surface area (Å²) < 4.78 is 54.7. The number of pyridine rings is 1. The van der Waals surface area contributed by atoms with Crippen molar-refractivity contribution in [3.05, 3.63) is 64.1 Å². The Morgan fingerprint density at radius 1 is 1.10 bits per heavy atom. The highest BCUT2D eigenvalue weighted by Crippen LogP contribution is 2.40. The predicted molar refractivity (Wildman–Crippen MR) is 143 cm³/mol. The van der Waals surface area contributed by atoms with Crippen molar-refractivity contribution in [1.29, 1.82) is 0 Å². The molecule has 12 heteroatoms. The van der Waals surface area contributed by atoms with Gasteiger partial charge in [0.2, 0.25) is 5.91 Å². The van der Waals surface area contributed by atoms with Crippen LogP contribution in [0.25, 0.3) is 16.8 Å². The van der Waals surface area contributed by atoms with Crippen LogP contribution in [0.2, 0.25) is 0 Å². The molecule has 0 radical (unpaired) electrons. The molecule has 1 saturated heterocycles. The molecule has 3 N–H and O–H groups in total. The molecule has 212 valence electrons. The van der Waals surface area contributed by atoms with Crippen molar-refractivity contribution in [2.24, 2.45) is 11.7 Å². The average Bonchev–Trinajstić information content (AvgIpc) is 3.30. The lowest BCUT2D eigenvalue weighted by molar-refractivity contribution is -0.137. The van der Waals surface area contributed by atoms with E-state index in [9.17, 15) is 27.9 Å². The van der Waals surface area contributed by atoms with Gasteiger partial charge in [0.1, 0.15) is 17.2 Å². The van der Waals surface area contributed by atoms with Gasteiger partial charge in [0.25, 0.3) is 5.56 Å². The van der Waals surface area contributed by atoms with E-state index in [1.165, 1.54) is 37.4 Å². The Labute approximate surface area is 228 Å².